The Morgan fingerprint density at radius 2 is 2.26 bits per heavy atom. The van der Waals surface area contributed by atoms with Crippen molar-refractivity contribution < 1.29 is 19.5 Å². The number of anilines is 1. The van der Waals surface area contributed by atoms with Gasteiger partial charge in [0.05, 0.1) is 11.5 Å². The van der Waals surface area contributed by atoms with Crippen LogP contribution in [0.2, 0.25) is 0 Å². The fraction of sp³-hybridized carbons (Fsp3) is 0.333. The molecule has 2 atom stereocenters. The molecule has 2 aromatic rings. The molecule has 7 heteroatoms. The number of carbonyl (C=O) groups is 1. The van der Waals surface area contributed by atoms with Crippen LogP contribution in [0, 0.1) is 0 Å². The molecule has 19 heavy (non-hydrogen) atoms. The number of nitrogen functional groups attached to an aromatic ring is 1. The Bertz CT molecular complexity index is 598. The van der Waals surface area contributed by atoms with E-state index in [9.17, 15) is 15.0 Å². The summed E-state index contributed by atoms with van der Waals surface area (Å²) in [4.78, 5) is 10.8. The molecule has 1 aromatic heterocycles. The molecule has 4 N–H and O–H groups in total. The van der Waals surface area contributed by atoms with E-state index in [-0.39, 0.29) is 16.7 Å². The lowest BCUT2D eigenvalue weighted by Gasteiger charge is -2.17. The second-order valence-corrected chi connectivity index (χ2v) is 5.34. The largest absolute Gasteiger partial charge is 0.389 e. The van der Waals surface area contributed by atoms with Crippen molar-refractivity contribution in [3.63, 3.8) is 0 Å². The van der Waals surface area contributed by atoms with Crippen LogP contribution in [0.15, 0.2) is 22.7 Å². The zero-order chi connectivity index (χ0) is 14.0. The topological polar surface area (TPSA) is 110 Å². The normalized spacial score (nSPS) is 14.5. The van der Waals surface area contributed by atoms with Crippen molar-refractivity contribution in [2.45, 2.75) is 19.1 Å². The molecule has 0 amide bonds. The Balaban J connectivity index is 2.18. The van der Waals surface area contributed by atoms with Gasteiger partial charge in [0.2, 0.25) is 0 Å². The van der Waals surface area contributed by atoms with Crippen molar-refractivity contribution >= 4 is 33.7 Å². The average Bonchev–Trinajstić information content (AvgIpc) is 2.76. The molecule has 0 radical (unpaired) electrons. The number of nitrogens with two attached hydrogens (primary N) is 1. The van der Waals surface area contributed by atoms with Crippen LogP contribution in [-0.2, 0) is 4.79 Å². The molecule has 2 unspecified atom stereocenters. The standard InChI is InChI=1S/C12H14N2O4S/c1-6(15)19-5-9(16)11(17)7-2-3-10-8(4-7)12(13)14-18-10/h2-4,9,11,16-17H,5H2,1H3,(H2,13,14). The number of aromatic nitrogens is 1. The molecule has 1 aromatic carbocycles. The van der Waals surface area contributed by atoms with E-state index in [1.807, 2.05) is 0 Å². The number of aliphatic hydroxyl groups is 2. The summed E-state index contributed by atoms with van der Waals surface area (Å²) in [6.45, 7) is 1.41. The summed E-state index contributed by atoms with van der Waals surface area (Å²) >= 11 is 0.966. The van der Waals surface area contributed by atoms with Crippen LogP contribution in [0.3, 0.4) is 0 Å². The van der Waals surface area contributed by atoms with Crippen LogP contribution in [0.25, 0.3) is 11.0 Å². The third-order valence-electron chi connectivity index (χ3n) is 2.69. The molecule has 0 saturated carbocycles. The van der Waals surface area contributed by atoms with Gasteiger partial charge in [-0.05, 0) is 17.7 Å². The Labute approximate surface area is 113 Å². The van der Waals surface area contributed by atoms with Crippen LogP contribution in [0.5, 0.6) is 0 Å². The van der Waals surface area contributed by atoms with Crippen LogP contribution in [0.4, 0.5) is 5.82 Å². The van der Waals surface area contributed by atoms with Crippen molar-refractivity contribution in [2.75, 3.05) is 11.5 Å². The first-order chi connectivity index (χ1) is 8.99. The Hall–Kier alpha value is -1.57. The molecule has 0 aliphatic carbocycles. The van der Waals surface area contributed by atoms with E-state index in [2.05, 4.69) is 5.16 Å². The smallest absolute Gasteiger partial charge is 0.185 e. The number of carbonyl (C=O) groups excluding carboxylic acids is 1. The zero-order valence-electron chi connectivity index (χ0n) is 10.2. The summed E-state index contributed by atoms with van der Waals surface area (Å²) in [5.41, 5.74) is 6.64. The minimum Gasteiger partial charge on any atom is -0.389 e. The van der Waals surface area contributed by atoms with Gasteiger partial charge in [0.15, 0.2) is 16.5 Å². The maximum Gasteiger partial charge on any atom is 0.185 e. The number of aliphatic hydroxyl groups excluding tert-OH is 2. The Morgan fingerprint density at radius 1 is 1.53 bits per heavy atom. The highest BCUT2D eigenvalue weighted by Crippen LogP contribution is 2.26. The zero-order valence-corrected chi connectivity index (χ0v) is 11.1. The molecule has 0 bridgehead atoms. The summed E-state index contributed by atoms with van der Waals surface area (Å²) in [6.07, 6.45) is -2.13. The number of nitrogens with zero attached hydrogens (tertiary/aromatic N) is 1. The highest BCUT2D eigenvalue weighted by Gasteiger charge is 2.20. The second kappa shape index (κ2) is 5.60. The summed E-state index contributed by atoms with van der Waals surface area (Å²) < 4.78 is 4.95. The molecule has 0 spiro atoms. The third-order valence-corrected chi connectivity index (χ3v) is 3.60. The van der Waals surface area contributed by atoms with E-state index in [0.29, 0.717) is 16.5 Å². The van der Waals surface area contributed by atoms with Gasteiger partial charge in [0.25, 0.3) is 0 Å². The van der Waals surface area contributed by atoms with E-state index in [4.69, 9.17) is 10.3 Å². The van der Waals surface area contributed by atoms with Crippen LogP contribution >= 0.6 is 11.8 Å². The number of fused-ring (bicyclic) bond motifs is 1. The quantitative estimate of drug-likeness (QED) is 0.769. The monoisotopic (exact) mass is 282 g/mol. The molecule has 6 nitrogen and oxygen atoms in total. The van der Waals surface area contributed by atoms with Gasteiger partial charge in [-0.3, -0.25) is 4.79 Å². The first-order valence-electron chi connectivity index (χ1n) is 5.63. The fourth-order valence-electron chi connectivity index (χ4n) is 1.67. The molecule has 0 aliphatic rings. The van der Waals surface area contributed by atoms with Gasteiger partial charge >= 0.3 is 0 Å². The highest BCUT2D eigenvalue weighted by molar-refractivity contribution is 8.13. The highest BCUT2D eigenvalue weighted by atomic mass is 32.2. The van der Waals surface area contributed by atoms with Crippen LogP contribution in [0.1, 0.15) is 18.6 Å². The Morgan fingerprint density at radius 3 is 2.95 bits per heavy atom. The van der Waals surface area contributed by atoms with Gasteiger partial charge in [-0.2, -0.15) is 0 Å². The van der Waals surface area contributed by atoms with Gasteiger partial charge in [-0.25, -0.2) is 0 Å². The maximum atomic E-state index is 10.8. The number of thioether (sulfide) groups is 1. The van der Waals surface area contributed by atoms with E-state index in [1.165, 1.54) is 6.92 Å². The van der Waals surface area contributed by atoms with Gasteiger partial charge < -0.3 is 20.5 Å². The predicted octanol–water partition coefficient (Wildman–Crippen LogP) is 1.08. The van der Waals surface area contributed by atoms with E-state index < -0.39 is 12.2 Å². The molecule has 0 saturated heterocycles. The lowest BCUT2D eigenvalue weighted by Crippen LogP contribution is -2.21. The van der Waals surface area contributed by atoms with Crippen LogP contribution in [-0.4, -0.2) is 32.3 Å². The SMILES string of the molecule is CC(=O)SCC(O)C(O)c1ccc2onc(N)c2c1. The third kappa shape index (κ3) is 3.06. The number of hydrogen-bond donors (Lipinski definition) is 3. The summed E-state index contributed by atoms with van der Waals surface area (Å²) in [5.74, 6) is 0.366. The van der Waals surface area contributed by atoms with Crippen molar-refractivity contribution in [2.24, 2.45) is 0 Å². The van der Waals surface area contributed by atoms with Gasteiger partial charge in [0.1, 0.15) is 6.10 Å². The lowest BCUT2D eigenvalue weighted by molar-refractivity contribution is -0.109. The molecule has 0 aliphatic heterocycles. The number of benzene rings is 1. The van der Waals surface area contributed by atoms with Crippen molar-refractivity contribution in [3.05, 3.63) is 23.8 Å². The summed E-state index contributed by atoms with van der Waals surface area (Å²) in [6, 6.07) is 4.87. The number of hydrogen-bond acceptors (Lipinski definition) is 7. The average molecular weight is 282 g/mol. The minimum atomic E-state index is -1.09. The summed E-state index contributed by atoms with van der Waals surface area (Å²) in [5, 5.41) is 23.9. The van der Waals surface area contributed by atoms with Crippen LogP contribution < -0.4 is 5.73 Å². The molecule has 1 heterocycles. The van der Waals surface area contributed by atoms with E-state index in [1.54, 1.807) is 18.2 Å². The van der Waals surface area contributed by atoms with Gasteiger partial charge in [-0.15, -0.1) is 0 Å². The fourth-order valence-corrected chi connectivity index (χ4v) is 2.26. The van der Waals surface area contributed by atoms with E-state index in [0.717, 1.165) is 11.8 Å². The van der Waals surface area contributed by atoms with Crippen molar-refractivity contribution in [1.29, 1.82) is 0 Å². The van der Waals surface area contributed by atoms with Gasteiger partial charge in [0, 0.05) is 12.7 Å². The molecular weight excluding hydrogens is 268 g/mol. The first-order valence-corrected chi connectivity index (χ1v) is 6.62. The lowest BCUT2D eigenvalue weighted by atomic mass is 10.0. The van der Waals surface area contributed by atoms with Gasteiger partial charge in [-0.1, -0.05) is 23.0 Å². The molecule has 2 rings (SSSR count). The molecule has 0 fully saturated rings. The molecule has 102 valence electrons. The Kier molecular flexibility index (Phi) is 4.08. The number of rotatable bonds is 4. The first kappa shape index (κ1) is 13.9. The van der Waals surface area contributed by atoms with Crippen molar-refractivity contribution in [1.82, 2.24) is 5.16 Å². The molecular formula is C12H14N2O4S. The van der Waals surface area contributed by atoms with Crippen molar-refractivity contribution in [3.8, 4) is 0 Å². The predicted molar refractivity (Wildman–Crippen MR) is 72.5 cm³/mol. The minimum absolute atomic E-state index is 0.106. The summed E-state index contributed by atoms with van der Waals surface area (Å²) in [7, 11) is 0. The maximum absolute atomic E-state index is 10.8. The van der Waals surface area contributed by atoms with E-state index >= 15 is 0 Å². The second-order valence-electron chi connectivity index (χ2n) is 4.14.